The van der Waals surface area contributed by atoms with Gasteiger partial charge < -0.3 is 15.7 Å². The molecular weight excluding hydrogens is 335 g/mol. The number of carbonyl (C=O) groups excluding carboxylic acids is 1. The molecular formula is C15H11F5N2O2. The first-order valence-electron chi connectivity index (χ1n) is 6.61. The average molecular weight is 346 g/mol. The van der Waals surface area contributed by atoms with Crippen molar-refractivity contribution in [2.45, 2.75) is 6.10 Å². The van der Waals surface area contributed by atoms with Crippen molar-refractivity contribution in [3.63, 3.8) is 0 Å². The fourth-order valence-electron chi connectivity index (χ4n) is 1.91. The molecule has 0 aromatic heterocycles. The van der Waals surface area contributed by atoms with Gasteiger partial charge in [0.25, 0.3) is 0 Å². The molecule has 0 spiro atoms. The lowest BCUT2D eigenvalue weighted by molar-refractivity contribution is 0.166. The Kier molecular flexibility index (Phi) is 5.35. The third-order valence-corrected chi connectivity index (χ3v) is 3.05. The molecule has 0 aliphatic heterocycles. The zero-order valence-corrected chi connectivity index (χ0v) is 11.9. The molecule has 1 unspecified atom stereocenters. The summed E-state index contributed by atoms with van der Waals surface area (Å²) in [5.74, 6) is -6.03. The van der Waals surface area contributed by atoms with E-state index in [1.165, 1.54) is 0 Å². The van der Waals surface area contributed by atoms with Gasteiger partial charge in [-0.25, -0.2) is 26.7 Å². The van der Waals surface area contributed by atoms with E-state index in [-0.39, 0.29) is 6.07 Å². The lowest BCUT2D eigenvalue weighted by Gasteiger charge is -2.14. The minimum absolute atomic E-state index is 0.245. The molecule has 0 heterocycles. The van der Waals surface area contributed by atoms with Crippen molar-refractivity contribution in [2.75, 3.05) is 11.9 Å². The number of aliphatic hydroxyl groups excluding tert-OH is 1. The third-order valence-electron chi connectivity index (χ3n) is 3.05. The maximum absolute atomic E-state index is 13.5. The van der Waals surface area contributed by atoms with Crippen LogP contribution in [0.2, 0.25) is 0 Å². The van der Waals surface area contributed by atoms with E-state index in [1.54, 1.807) is 0 Å². The van der Waals surface area contributed by atoms with Crippen molar-refractivity contribution in [1.29, 1.82) is 0 Å². The van der Waals surface area contributed by atoms with Crippen molar-refractivity contribution in [3.05, 3.63) is 65.0 Å². The van der Waals surface area contributed by atoms with Gasteiger partial charge in [-0.05, 0) is 12.1 Å². The van der Waals surface area contributed by atoms with Gasteiger partial charge >= 0.3 is 6.03 Å². The first kappa shape index (κ1) is 17.7. The van der Waals surface area contributed by atoms with Gasteiger partial charge in [0.05, 0.1) is 11.3 Å². The Hall–Kier alpha value is -2.68. The fourth-order valence-corrected chi connectivity index (χ4v) is 1.91. The Morgan fingerprint density at radius 3 is 2.17 bits per heavy atom. The molecule has 0 saturated heterocycles. The highest BCUT2D eigenvalue weighted by molar-refractivity contribution is 5.89. The van der Waals surface area contributed by atoms with Crippen LogP contribution in [0.3, 0.4) is 0 Å². The molecule has 0 aliphatic carbocycles. The molecule has 128 valence electrons. The third kappa shape index (κ3) is 3.99. The largest absolute Gasteiger partial charge is 0.386 e. The second kappa shape index (κ2) is 7.26. The van der Waals surface area contributed by atoms with Gasteiger partial charge in [0.2, 0.25) is 0 Å². The van der Waals surface area contributed by atoms with E-state index in [2.05, 4.69) is 0 Å². The summed E-state index contributed by atoms with van der Waals surface area (Å²) in [6.45, 7) is -0.602. The van der Waals surface area contributed by atoms with Crippen LogP contribution in [0.4, 0.5) is 32.4 Å². The number of nitrogens with one attached hydrogen (secondary N) is 2. The van der Waals surface area contributed by atoms with Crippen molar-refractivity contribution in [3.8, 4) is 0 Å². The molecule has 2 aromatic rings. The average Bonchev–Trinajstić information content (AvgIpc) is 2.50. The summed E-state index contributed by atoms with van der Waals surface area (Å²) < 4.78 is 66.0. The number of amides is 2. The summed E-state index contributed by atoms with van der Waals surface area (Å²) >= 11 is 0. The zero-order chi connectivity index (χ0) is 17.9. The molecule has 9 heteroatoms. The van der Waals surface area contributed by atoms with Gasteiger partial charge in [-0.2, -0.15) is 0 Å². The van der Waals surface area contributed by atoms with Crippen LogP contribution in [0, 0.1) is 29.1 Å². The van der Waals surface area contributed by atoms with E-state index in [0.717, 1.165) is 18.2 Å². The molecule has 24 heavy (non-hydrogen) atoms. The molecule has 0 aliphatic rings. The van der Waals surface area contributed by atoms with E-state index in [9.17, 15) is 31.9 Å². The molecule has 4 nitrogen and oxygen atoms in total. The highest BCUT2D eigenvalue weighted by atomic mass is 19.2. The lowest BCUT2D eigenvalue weighted by Crippen LogP contribution is -2.33. The Morgan fingerprint density at radius 2 is 1.54 bits per heavy atom. The molecule has 2 aromatic carbocycles. The maximum atomic E-state index is 13.5. The number of rotatable bonds is 4. The summed E-state index contributed by atoms with van der Waals surface area (Å²) in [5, 5.41) is 13.6. The van der Waals surface area contributed by atoms with Crippen LogP contribution in [-0.4, -0.2) is 17.7 Å². The smallest absolute Gasteiger partial charge is 0.319 e. The van der Waals surface area contributed by atoms with Crippen LogP contribution in [0.15, 0.2) is 30.3 Å². The summed E-state index contributed by atoms with van der Waals surface area (Å²) in [7, 11) is 0. The van der Waals surface area contributed by atoms with Gasteiger partial charge in [-0.15, -0.1) is 0 Å². The van der Waals surface area contributed by atoms with Gasteiger partial charge in [0.1, 0.15) is 23.6 Å². The van der Waals surface area contributed by atoms with E-state index < -0.39 is 59.0 Å². The minimum atomic E-state index is -1.70. The van der Waals surface area contributed by atoms with Gasteiger partial charge in [-0.3, -0.25) is 0 Å². The second-order valence-electron chi connectivity index (χ2n) is 4.73. The van der Waals surface area contributed by atoms with E-state index in [1.807, 2.05) is 10.6 Å². The Balaban J connectivity index is 2.00. The van der Waals surface area contributed by atoms with Crippen LogP contribution >= 0.6 is 0 Å². The predicted octanol–water partition coefficient (Wildman–Crippen LogP) is 3.24. The number of halogens is 5. The van der Waals surface area contributed by atoms with Crippen LogP contribution in [0.25, 0.3) is 0 Å². The molecule has 1 atom stereocenters. The highest BCUT2D eigenvalue weighted by Gasteiger charge is 2.19. The van der Waals surface area contributed by atoms with Crippen LogP contribution in [-0.2, 0) is 0 Å². The number of urea groups is 1. The monoisotopic (exact) mass is 346 g/mol. The van der Waals surface area contributed by atoms with Gasteiger partial charge in [-0.1, -0.05) is 6.07 Å². The van der Waals surface area contributed by atoms with E-state index >= 15 is 0 Å². The standard InChI is InChI=1S/C15H11F5N2O2/c16-7-2-1-3-8(17)14(7)13(23)6-21-15(24)22-12-5-10(19)9(18)4-11(12)20/h1-5,13,23H,6H2,(H2,21,22,24). The molecule has 2 rings (SSSR count). The Labute approximate surface area is 132 Å². The SMILES string of the molecule is O=C(NCC(O)c1c(F)cccc1F)Nc1cc(F)c(F)cc1F. The number of hydrogen-bond acceptors (Lipinski definition) is 2. The highest BCUT2D eigenvalue weighted by Crippen LogP contribution is 2.20. The first-order valence-corrected chi connectivity index (χ1v) is 6.61. The molecule has 3 N–H and O–H groups in total. The van der Waals surface area contributed by atoms with Crippen LogP contribution < -0.4 is 10.6 Å². The number of hydrogen-bond donors (Lipinski definition) is 3. The lowest BCUT2D eigenvalue weighted by atomic mass is 10.1. The molecule has 0 bridgehead atoms. The van der Waals surface area contributed by atoms with E-state index in [0.29, 0.717) is 6.07 Å². The van der Waals surface area contributed by atoms with Crippen molar-refractivity contribution >= 4 is 11.7 Å². The van der Waals surface area contributed by atoms with Gasteiger partial charge in [0, 0.05) is 18.7 Å². The summed E-state index contributed by atoms with van der Waals surface area (Å²) in [5.41, 5.74) is -1.28. The summed E-state index contributed by atoms with van der Waals surface area (Å²) in [6, 6.07) is 2.55. The number of anilines is 1. The molecule has 0 fully saturated rings. The topological polar surface area (TPSA) is 61.4 Å². The normalized spacial score (nSPS) is 11.9. The maximum Gasteiger partial charge on any atom is 0.319 e. The number of carbonyl (C=O) groups is 1. The van der Waals surface area contributed by atoms with Crippen LogP contribution in [0.5, 0.6) is 0 Å². The van der Waals surface area contributed by atoms with Crippen molar-refractivity contribution in [2.24, 2.45) is 0 Å². The van der Waals surface area contributed by atoms with Crippen molar-refractivity contribution in [1.82, 2.24) is 5.32 Å². The summed E-state index contributed by atoms with van der Waals surface area (Å²) in [4.78, 5) is 11.6. The number of benzene rings is 2. The summed E-state index contributed by atoms with van der Waals surface area (Å²) in [6.07, 6.45) is -1.70. The number of aliphatic hydroxyl groups is 1. The Bertz CT molecular complexity index is 750. The van der Waals surface area contributed by atoms with Crippen molar-refractivity contribution < 1.29 is 31.9 Å². The first-order chi connectivity index (χ1) is 11.3. The Morgan fingerprint density at radius 1 is 0.958 bits per heavy atom. The molecule has 0 radical (unpaired) electrons. The predicted molar refractivity (Wildman–Crippen MR) is 74.7 cm³/mol. The molecule has 2 amide bonds. The fraction of sp³-hybridized carbons (Fsp3) is 0.133. The molecule has 0 saturated carbocycles. The van der Waals surface area contributed by atoms with Gasteiger partial charge in [0.15, 0.2) is 11.6 Å². The second-order valence-corrected chi connectivity index (χ2v) is 4.73. The zero-order valence-electron chi connectivity index (χ0n) is 11.9. The minimum Gasteiger partial charge on any atom is -0.386 e. The quantitative estimate of drug-likeness (QED) is 0.588. The van der Waals surface area contributed by atoms with Crippen LogP contribution in [0.1, 0.15) is 11.7 Å². The van der Waals surface area contributed by atoms with E-state index in [4.69, 9.17) is 0 Å².